The van der Waals surface area contributed by atoms with Gasteiger partial charge >= 0.3 is 0 Å². The van der Waals surface area contributed by atoms with E-state index >= 15 is 0 Å². The Morgan fingerprint density at radius 3 is 2.95 bits per heavy atom. The van der Waals surface area contributed by atoms with E-state index in [-0.39, 0.29) is 0 Å². The lowest BCUT2D eigenvalue weighted by Gasteiger charge is -2.36. The molecule has 1 fully saturated rings. The molecule has 0 radical (unpaired) electrons. The Hall–Kier alpha value is -1.04. The third-order valence-corrected chi connectivity index (χ3v) is 3.61. The van der Waals surface area contributed by atoms with E-state index < -0.39 is 17.7 Å². The molecular weight excluding hydrogens is 250 g/mol. The summed E-state index contributed by atoms with van der Waals surface area (Å²) in [5, 5.41) is 0. The summed E-state index contributed by atoms with van der Waals surface area (Å²) in [5.41, 5.74) is 6.41. The largest absolute Gasteiger partial charge is 0.378 e. The van der Waals surface area contributed by atoms with Gasteiger partial charge in [0.25, 0.3) is 0 Å². The van der Waals surface area contributed by atoms with E-state index in [0.29, 0.717) is 31.4 Å². The first-order valence-corrected chi connectivity index (χ1v) is 6.64. The Labute approximate surface area is 112 Å². The lowest BCUT2D eigenvalue weighted by Crippen LogP contribution is -2.47. The van der Waals surface area contributed by atoms with Crippen molar-refractivity contribution < 1.29 is 13.5 Å². The average Bonchev–Trinajstić information content (AvgIpc) is 2.39. The molecule has 0 bridgehead atoms. The van der Waals surface area contributed by atoms with Gasteiger partial charge in [-0.3, -0.25) is 4.90 Å². The summed E-state index contributed by atoms with van der Waals surface area (Å²) in [6.45, 7) is 4.82. The number of halogens is 2. The van der Waals surface area contributed by atoms with E-state index in [4.69, 9.17) is 10.5 Å². The Morgan fingerprint density at radius 1 is 1.47 bits per heavy atom. The van der Waals surface area contributed by atoms with Gasteiger partial charge in [0.15, 0.2) is 0 Å². The molecule has 2 rings (SSSR count). The number of hydrogen-bond donors (Lipinski definition) is 1. The molecule has 106 valence electrons. The quantitative estimate of drug-likeness (QED) is 0.910. The first-order chi connectivity index (χ1) is 9.11. The second kappa shape index (κ2) is 6.41. The van der Waals surface area contributed by atoms with E-state index in [1.165, 1.54) is 12.1 Å². The number of morpholine rings is 1. The molecule has 1 aromatic carbocycles. The van der Waals surface area contributed by atoms with Crippen molar-refractivity contribution in [3.8, 4) is 0 Å². The van der Waals surface area contributed by atoms with Crippen LogP contribution in [-0.4, -0.2) is 37.2 Å². The topological polar surface area (TPSA) is 38.5 Å². The lowest BCUT2D eigenvalue weighted by molar-refractivity contribution is -0.0112. The highest BCUT2D eigenvalue weighted by Gasteiger charge is 2.24. The van der Waals surface area contributed by atoms with Gasteiger partial charge in [-0.2, -0.15) is 0 Å². The van der Waals surface area contributed by atoms with Crippen molar-refractivity contribution in [2.75, 3.05) is 26.3 Å². The fraction of sp³-hybridized carbons (Fsp3) is 0.571. The van der Waals surface area contributed by atoms with Crippen LogP contribution in [0.2, 0.25) is 0 Å². The number of benzene rings is 1. The minimum absolute atomic E-state index is 0.323. The first-order valence-electron chi connectivity index (χ1n) is 6.64. The van der Waals surface area contributed by atoms with Crippen molar-refractivity contribution in [1.82, 2.24) is 4.90 Å². The summed E-state index contributed by atoms with van der Waals surface area (Å²) >= 11 is 0. The molecule has 3 nitrogen and oxygen atoms in total. The van der Waals surface area contributed by atoms with Crippen LogP contribution >= 0.6 is 0 Å². The van der Waals surface area contributed by atoms with Gasteiger partial charge in [-0.05, 0) is 12.5 Å². The molecular formula is C14H20F2N2O. The summed E-state index contributed by atoms with van der Waals surface area (Å²) in [5.74, 6) is -1.15. The van der Waals surface area contributed by atoms with Gasteiger partial charge in [0.05, 0.1) is 13.2 Å². The number of ether oxygens (including phenoxy) is 1. The third kappa shape index (κ3) is 3.49. The zero-order chi connectivity index (χ0) is 13.8. The zero-order valence-electron chi connectivity index (χ0n) is 11.1. The number of nitrogens with zero attached hydrogens (tertiary/aromatic N) is 1. The van der Waals surface area contributed by atoms with Crippen LogP contribution in [0.15, 0.2) is 18.2 Å². The Balaban J connectivity index is 2.05. The highest BCUT2D eigenvalue weighted by molar-refractivity contribution is 5.22. The smallest absolute Gasteiger partial charge is 0.130 e. The fourth-order valence-electron chi connectivity index (χ4n) is 2.46. The second-order valence-corrected chi connectivity index (χ2v) is 4.90. The van der Waals surface area contributed by atoms with Gasteiger partial charge in [-0.1, -0.05) is 13.0 Å². The Kier molecular flexibility index (Phi) is 4.85. The monoisotopic (exact) mass is 270 g/mol. The van der Waals surface area contributed by atoms with Gasteiger partial charge < -0.3 is 10.5 Å². The number of nitrogens with two attached hydrogens (primary N) is 1. The van der Waals surface area contributed by atoms with Crippen molar-refractivity contribution in [2.24, 2.45) is 5.73 Å². The normalized spacial score (nSPS) is 22.4. The summed E-state index contributed by atoms with van der Waals surface area (Å²) in [4.78, 5) is 2.22. The molecule has 1 aliphatic rings. The zero-order valence-corrected chi connectivity index (χ0v) is 11.1. The molecule has 0 spiro atoms. The summed E-state index contributed by atoms with van der Waals surface area (Å²) in [6, 6.07) is 3.42. The molecule has 19 heavy (non-hydrogen) atoms. The molecule has 0 saturated carbocycles. The van der Waals surface area contributed by atoms with Crippen molar-refractivity contribution in [3.05, 3.63) is 35.4 Å². The molecule has 5 heteroatoms. The van der Waals surface area contributed by atoms with E-state index in [9.17, 15) is 8.78 Å². The van der Waals surface area contributed by atoms with E-state index in [1.807, 2.05) is 0 Å². The summed E-state index contributed by atoms with van der Waals surface area (Å²) in [6.07, 6.45) is 0.971. The molecule has 1 aliphatic heterocycles. The van der Waals surface area contributed by atoms with Crippen LogP contribution in [0.5, 0.6) is 0 Å². The highest BCUT2D eigenvalue weighted by atomic mass is 19.1. The third-order valence-electron chi connectivity index (χ3n) is 3.61. The van der Waals surface area contributed by atoms with Crippen molar-refractivity contribution in [2.45, 2.75) is 25.4 Å². The standard InChI is InChI=1S/C14H20F2N2O/c1-2-11-9-19-6-5-18(11)8-14(17)12-4-3-10(15)7-13(12)16/h3-4,7,11,14H,2,5-6,8-9,17H2,1H3. The van der Waals surface area contributed by atoms with Crippen molar-refractivity contribution >= 4 is 0 Å². The van der Waals surface area contributed by atoms with Crippen molar-refractivity contribution in [3.63, 3.8) is 0 Å². The average molecular weight is 270 g/mol. The maximum atomic E-state index is 13.7. The summed E-state index contributed by atoms with van der Waals surface area (Å²) in [7, 11) is 0. The molecule has 0 amide bonds. The van der Waals surface area contributed by atoms with Crippen LogP contribution in [0.4, 0.5) is 8.78 Å². The van der Waals surface area contributed by atoms with Gasteiger partial charge in [0, 0.05) is 36.8 Å². The van der Waals surface area contributed by atoms with E-state index in [1.54, 1.807) is 0 Å². The van der Waals surface area contributed by atoms with Gasteiger partial charge in [0.2, 0.25) is 0 Å². The highest BCUT2D eigenvalue weighted by Crippen LogP contribution is 2.20. The van der Waals surface area contributed by atoms with E-state index in [0.717, 1.165) is 19.0 Å². The number of rotatable bonds is 4. The van der Waals surface area contributed by atoms with Crippen LogP contribution in [-0.2, 0) is 4.74 Å². The number of hydrogen-bond acceptors (Lipinski definition) is 3. The Morgan fingerprint density at radius 2 is 2.26 bits per heavy atom. The Bertz CT molecular complexity index is 428. The molecule has 2 unspecified atom stereocenters. The predicted molar refractivity (Wildman–Crippen MR) is 69.8 cm³/mol. The molecule has 2 atom stereocenters. The maximum absolute atomic E-state index is 13.7. The minimum atomic E-state index is -0.578. The molecule has 1 aromatic rings. The van der Waals surface area contributed by atoms with Crippen LogP contribution in [0.1, 0.15) is 24.9 Å². The first kappa shape index (κ1) is 14.4. The van der Waals surface area contributed by atoms with Crippen LogP contribution in [0.25, 0.3) is 0 Å². The summed E-state index contributed by atoms with van der Waals surface area (Å²) < 4.78 is 32.0. The van der Waals surface area contributed by atoms with Crippen LogP contribution < -0.4 is 5.73 Å². The molecule has 0 aliphatic carbocycles. The van der Waals surface area contributed by atoms with Gasteiger partial charge in [-0.15, -0.1) is 0 Å². The molecule has 0 aromatic heterocycles. The lowest BCUT2D eigenvalue weighted by atomic mass is 10.0. The maximum Gasteiger partial charge on any atom is 0.130 e. The van der Waals surface area contributed by atoms with Gasteiger partial charge in [-0.25, -0.2) is 8.78 Å². The van der Waals surface area contributed by atoms with Crippen LogP contribution in [0, 0.1) is 11.6 Å². The van der Waals surface area contributed by atoms with Gasteiger partial charge in [0.1, 0.15) is 11.6 Å². The van der Waals surface area contributed by atoms with E-state index in [2.05, 4.69) is 11.8 Å². The fourth-order valence-corrected chi connectivity index (χ4v) is 2.46. The van der Waals surface area contributed by atoms with Crippen molar-refractivity contribution in [1.29, 1.82) is 0 Å². The minimum Gasteiger partial charge on any atom is -0.378 e. The SMILES string of the molecule is CCC1COCCN1CC(N)c1ccc(F)cc1F. The molecule has 1 heterocycles. The molecule has 1 saturated heterocycles. The van der Waals surface area contributed by atoms with Crippen LogP contribution in [0.3, 0.4) is 0 Å². The molecule has 2 N–H and O–H groups in total. The second-order valence-electron chi connectivity index (χ2n) is 4.90. The predicted octanol–water partition coefficient (Wildman–Crippen LogP) is 2.08.